The fourth-order valence-corrected chi connectivity index (χ4v) is 3.91. The van der Waals surface area contributed by atoms with Gasteiger partial charge < -0.3 is 14.9 Å². The molecule has 2 rings (SSSR count). The Hall–Kier alpha value is -0.370. The highest BCUT2D eigenvalue weighted by Crippen LogP contribution is 2.27. The molecule has 1 aromatic rings. The van der Waals surface area contributed by atoms with Crippen LogP contribution in [0.25, 0.3) is 0 Å². The largest absolute Gasteiger partial charge is 0.391 e. The van der Waals surface area contributed by atoms with Crippen molar-refractivity contribution in [1.29, 1.82) is 0 Å². The second kappa shape index (κ2) is 7.59. The average Bonchev–Trinajstić information content (AvgIpc) is 2.88. The molecule has 1 aliphatic heterocycles. The average molecular weight is 316 g/mol. The Morgan fingerprint density at radius 3 is 2.70 bits per heavy atom. The topological polar surface area (TPSA) is 52.5 Å². The van der Waals surface area contributed by atoms with Crippen LogP contribution in [0.5, 0.6) is 0 Å². The van der Waals surface area contributed by atoms with Gasteiger partial charge in [0.25, 0.3) is 0 Å². The van der Waals surface area contributed by atoms with Crippen molar-refractivity contribution in [3.8, 4) is 0 Å². The van der Waals surface area contributed by atoms with E-state index in [4.69, 9.17) is 0 Å². The number of hydrogen-bond donors (Lipinski definition) is 1. The molecular weight excluding hydrogens is 292 g/mol. The van der Waals surface area contributed by atoms with Gasteiger partial charge >= 0.3 is 0 Å². The van der Waals surface area contributed by atoms with Crippen molar-refractivity contribution in [2.45, 2.75) is 30.2 Å². The van der Waals surface area contributed by atoms with E-state index in [9.17, 15) is 5.11 Å². The Morgan fingerprint density at radius 1 is 1.40 bits per heavy atom. The summed E-state index contributed by atoms with van der Waals surface area (Å²) in [6.45, 7) is 5.32. The zero-order chi connectivity index (χ0) is 14.5. The Kier molecular flexibility index (Phi) is 6.07. The molecule has 0 spiro atoms. The van der Waals surface area contributed by atoms with E-state index in [1.54, 1.807) is 23.1 Å². The third-order valence-electron chi connectivity index (χ3n) is 3.52. The predicted octanol–water partition coefficient (Wildman–Crippen LogP) is 1.79. The predicted molar refractivity (Wildman–Crippen MR) is 85.8 cm³/mol. The Bertz CT molecular complexity index is 405. The van der Waals surface area contributed by atoms with Crippen molar-refractivity contribution in [1.82, 2.24) is 15.1 Å². The van der Waals surface area contributed by atoms with Gasteiger partial charge in [-0.1, -0.05) is 30.0 Å². The molecule has 1 N–H and O–H groups in total. The lowest BCUT2D eigenvalue weighted by molar-refractivity contribution is 0.105. The molecule has 1 saturated heterocycles. The highest BCUT2D eigenvalue weighted by atomic mass is 32.2. The molecule has 5 nitrogen and oxygen atoms in total. The summed E-state index contributed by atoms with van der Waals surface area (Å²) >= 11 is 3.17. The van der Waals surface area contributed by atoms with E-state index < -0.39 is 0 Å². The Balaban J connectivity index is 1.70. The van der Waals surface area contributed by atoms with Crippen LogP contribution < -0.4 is 4.90 Å². The summed E-state index contributed by atoms with van der Waals surface area (Å²) in [4.78, 5) is 4.32. The Morgan fingerprint density at radius 2 is 2.10 bits per heavy atom. The van der Waals surface area contributed by atoms with E-state index in [1.165, 1.54) is 12.8 Å². The molecule has 0 saturated carbocycles. The highest BCUT2D eigenvalue weighted by Gasteiger charge is 2.18. The molecule has 0 aromatic carbocycles. The molecule has 0 unspecified atom stereocenters. The van der Waals surface area contributed by atoms with Gasteiger partial charge in [-0.3, -0.25) is 0 Å². The number of thioether (sulfide) groups is 1. The lowest BCUT2D eigenvalue weighted by Gasteiger charge is -2.31. The fourth-order valence-electron chi connectivity index (χ4n) is 2.20. The van der Waals surface area contributed by atoms with E-state index in [0.29, 0.717) is 5.75 Å². The molecule has 1 atom stereocenters. The van der Waals surface area contributed by atoms with E-state index in [-0.39, 0.29) is 6.10 Å². The van der Waals surface area contributed by atoms with E-state index >= 15 is 0 Å². The van der Waals surface area contributed by atoms with Gasteiger partial charge in [-0.2, -0.15) is 0 Å². The first-order valence-electron chi connectivity index (χ1n) is 7.08. The third kappa shape index (κ3) is 4.87. The number of rotatable bonds is 6. The number of piperidine rings is 1. The maximum Gasteiger partial charge on any atom is 0.208 e. The molecule has 114 valence electrons. The highest BCUT2D eigenvalue weighted by molar-refractivity contribution is 8.01. The molecule has 0 amide bonds. The standard InChI is InChI=1S/C13H24N4OS2/c1-10-4-6-17(7-5-10)8-11(18)9-19-13-15-14-12(20-13)16(2)3/h10-11,18H,4-9H2,1-3H3/t11-/m1/s1. The monoisotopic (exact) mass is 316 g/mol. The summed E-state index contributed by atoms with van der Waals surface area (Å²) in [7, 11) is 3.92. The number of aromatic nitrogens is 2. The first-order valence-corrected chi connectivity index (χ1v) is 8.89. The molecule has 1 fully saturated rings. The number of nitrogens with zero attached hydrogens (tertiary/aromatic N) is 4. The van der Waals surface area contributed by atoms with Crippen LogP contribution in [-0.4, -0.2) is 65.8 Å². The van der Waals surface area contributed by atoms with Crippen LogP contribution in [0.15, 0.2) is 4.34 Å². The smallest absolute Gasteiger partial charge is 0.208 e. The lowest BCUT2D eigenvalue weighted by atomic mass is 9.99. The number of aliphatic hydroxyl groups excluding tert-OH is 1. The molecule has 0 radical (unpaired) electrons. The first-order chi connectivity index (χ1) is 9.54. The van der Waals surface area contributed by atoms with Crippen LogP contribution in [0.3, 0.4) is 0 Å². The van der Waals surface area contributed by atoms with Gasteiger partial charge in [-0.25, -0.2) is 0 Å². The van der Waals surface area contributed by atoms with Crippen LogP contribution in [0.2, 0.25) is 0 Å². The summed E-state index contributed by atoms with van der Waals surface area (Å²) in [6, 6.07) is 0. The minimum Gasteiger partial charge on any atom is -0.391 e. The van der Waals surface area contributed by atoms with Gasteiger partial charge in [-0.15, -0.1) is 10.2 Å². The van der Waals surface area contributed by atoms with Gasteiger partial charge in [-0.05, 0) is 31.8 Å². The normalized spacial score (nSPS) is 19.2. The van der Waals surface area contributed by atoms with Gasteiger partial charge in [0.15, 0.2) is 4.34 Å². The summed E-state index contributed by atoms with van der Waals surface area (Å²) in [5, 5.41) is 19.3. The molecular formula is C13H24N4OS2. The lowest BCUT2D eigenvalue weighted by Crippen LogP contribution is -2.39. The van der Waals surface area contributed by atoms with E-state index in [1.807, 2.05) is 19.0 Å². The SMILES string of the molecule is CC1CCN(C[C@@H](O)CSc2nnc(N(C)C)s2)CC1. The zero-order valence-corrected chi connectivity index (χ0v) is 14.1. The van der Waals surface area contributed by atoms with Crippen molar-refractivity contribution in [3.63, 3.8) is 0 Å². The summed E-state index contributed by atoms with van der Waals surface area (Å²) in [6.07, 6.45) is 2.21. The molecule has 0 bridgehead atoms. The molecule has 20 heavy (non-hydrogen) atoms. The molecule has 2 heterocycles. The number of aliphatic hydroxyl groups is 1. The second-order valence-electron chi connectivity index (χ2n) is 5.69. The summed E-state index contributed by atoms with van der Waals surface area (Å²) < 4.78 is 0.931. The van der Waals surface area contributed by atoms with Crippen molar-refractivity contribution in [3.05, 3.63) is 0 Å². The number of anilines is 1. The van der Waals surface area contributed by atoms with E-state index in [0.717, 1.165) is 35.0 Å². The molecule has 1 aromatic heterocycles. The number of likely N-dealkylation sites (tertiary alicyclic amines) is 1. The molecule has 7 heteroatoms. The Labute approximate surface area is 129 Å². The minimum absolute atomic E-state index is 0.292. The molecule has 1 aliphatic rings. The molecule has 0 aliphatic carbocycles. The number of hydrogen-bond acceptors (Lipinski definition) is 7. The second-order valence-corrected chi connectivity index (χ2v) is 7.92. The van der Waals surface area contributed by atoms with Gasteiger partial charge in [0, 0.05) is 26.4 Å². The van der Waals surface area contributed by atoms with Crippen molar-refractivity contribution >= 4 is 28.2 Å². The van der Waals surface area contributed by atoms with Crippen LogP contribution in [0.1, 0.15) is 19.8 Å². The number of β-amino-alcohol motifs (C(OH)–C–C–N with tert-alkyl or cyclic N) is 1. The maximum atomic E-state index is 10.1. The van der Waals surface area contributed by atoms with Crippen LogP contribution in [-0.2, 0) is 0 Å². The quantitative estimate of drug-likeness (QED) is 0.808. The first kappa shape index (κ1) is 16.0. The van der Waals surface area contributed by atoms with Crippen LogP contribution in [0, 0.1) is 5.92 Å². The van der Waals surface area contributed by atoms with Gasteiger partial charge in [0.2, 0.25) is 5.13 Å². The van der Waals surface area contributed by atoms with Crippen molar-refractivity contribution in [2.24, 2.45) is 5.92 Å². The van der Waals surface area contributed by atoms with Gasteiger partial charge in [0.1, 0.15) is 0 Å². The fraction of sp³-hybridized carbons (Fsp3) is 0.846. The van der Waals surface area contributed by atoms with E-state index in [2.05, 4.69) is 22.0 Å². The minimum atomic E-state index is -0.292. The summed E-state index contributed by atoms with van der Waals surface area (Å²) in [5.74, 6) is 1.53. The van der Waals surface area contributed by atoms with Crippen LogP contribution >= 0.6 is 23.1 Å². The summed E-state index contributed by atoms with van der Waals surface area (Å²) in [5.41, 5.74) is 0. The maximum absolute atomic E-state index is 10.1. The van der Waals surface area contributed by atoms with Crippen molar-refractivity contribution in [2.75, 3.05) is 44.4 Å². The van der Waals surface area contributed by atoms with Gasteiger partial charge in [0.05, 0.1) is 6.10 Å². The zero-order valence-electron chi connectivity index (χ0n) is 12.4. The third-order valence-corrected chi connectivity index (χ3v) is 5.89. The van der Waals surface area contributed by atoms with Crippen LogP contribution in [0.4, 0.5) is 5.13 Å². The van der Waals surface area contributed by atoms with Crippen molar-refractivity contribution < 1.29 is 5.11 Å².